The zero-order valence-corrected chi connectivity index (χ0v) is 17.8. The van der Waals surface area contributed by atoms with Crippen molar-refractivity contribution >= 4 is 28.4 Å². The third-order valence-corrected chi connectivity index (χ3v) is 6.30. The maximum atomic E-state index is 14.1. The number of rotatable bonds is 6. The van der Waals surface area contributed by atoms with Gasteiger partial charge in [0.05, 0.1) is 17.5 Å². The average molecular weight is 441 g/mol. The van der Waals surface area contributed by atoms with E-state index < -0.39 is 0 Å². The van der Waals surface area contributed by atoms with Gasteiger partial charge in [0.1, 0.15) is 11.6 Å². The molecule has 7 nitrogen and oxygen atoms in total. The molecule has 0 amide bonds. The fourth-order valence-corrected chi connectivity index (χ4v) is 4.76. The molecule has 0 saturated heterocycles. The zero-order valence-electron chi connectivity index (χ0n) is 17.0. The second kappa shape index (κ2) is 8.32. The summed E-state index contributed by atoms with van der Waals surface area (Å²) in [6.07, 6.45) is 1.84. The van der Waals surface area contributed by atoms with Crippen LogP contribution in [0.4, 0.5) is 4.39 Å². The van der Waals surface area contributed by atoms with Crippen LogP contribution in [0.25, 0.3) is 16.7 Å². The van der Waals surface area contributed by atoms with Crippen LogP contribution in [0.1, 0.15) is 30.9 Å². The standard InChI is InChI=1S/C22H21FN4O3S/c1-2-3-8-26-20(28)17-6-4-5-7-18(17)27-21(26)24-25-22(27)31-12-15-10-16(23)9-14-11-29-13-30-19(14)15/h4-7,9-10H,2-3,8,11-13H2,1H3. The normalized spacial score (nSPS) is 13.5. The molecule has 1 aliphatic rings. The molecule has 160 valence electrons. The number of benzene rings is 2. The van der Waals surface area contributed by atoms with Crippen LogP contribution in [-0.2, 0) is 23.6 Å². The summed E-state index contributed by atoms with van der Waals surface area (Å²) >= 11 is 1.43. The molecule has 5 rings (SSSR count). The fraction of sp³-hybridized carbons (Fsp3) is 0.318. The number of fused-ring (bicyclic) bond motifs is 4. The number of halogens is 1. The van der Waals surface area contributed by atoms with Crippen LogP contribution in [0.5, 0.6) is 5.75 Å². The van der Waals surface area contributed by atoms with Crippen LogP contribution < -0.4 is 10.3 Å². The lowest BCUT2D eigenvalue weighted by Crippen LogP contribution is -2.23. The number of aryl methyl sites for hydroxylation is 1. The van der Waals surface area contributed by atoms with E-state index in [0.29, 0.717) is 46.5 Å². The Balaban J connectivity index is 1.58. The predicted octanol–water partition coefficient (Wildman–Crippen LogP) is 4.14. The quantitative estimate of drug-likeness (QED) is 0.420. The second-order valence-corrected chi connectivity index (χ2v) is 8.34. The summed E-state index contributed by atoms with van der Waals surface area (Å²) in [7, 11) is 0. The van der Waals surface area contributed by atoms with Crippen molar-refractivity contribution in [2.75, 3.05) is 6.79 Å². The van der Waals surface area contributed by atoms with Gasteiger partial charge < -0.3 is 9.47 Å². The van der Waals surface area contributed by atoms with E-state index in [1.54, 1.807) is 4.57 Å². The lowest BCUT2D eigenvalue weighted by molar-refractivity contribution is -0.0171. The molecule has 0 saturated carbocycles. The molecule has 1 aliphatic heterocycles. The first-order valence-electron chi connectivity index (χ1n) is 10.2. The fourth-order valence-electron chi connectivity index (χ4n) is 3.85. The number of unbranched alkanes of at least 4 members (excludes halogenated alkanes) is 1. The molecule has 3 heterocycles. The SMILES string of the molecule is CCCCn1c(=O)c2ccccc2n2c(SCc3cc(F)cc4c3OCOC4)nnc12. The molecular formula is C22H21FN4O3S. The Morgan fingerprint density at radius 1 is 1.23 bits per heavy atom. The van der Waals surface area contributed by atoms with Gasteiger partial charge in [0.2, 0.25) is 5.78 Å². The van der Waals surface area contributed by atoms with Crippen molar-refractivity contribution < 1.29 is 13.9 Å². The highest BCUT2D eigenvalue weighted by Crippen LogP contribution is 2.34. The average Bonchev–Trinajstić information content (AvgIpc) is 3.21. The summed E-state index contributed by atoms with van der Waals surface area (Å²) in [5.41, 5.74) is 2.14. The van der Waals surface area contributed by atoms with E-state index in [4.69, 9.17) is 9.47 Å². The molecule has 0 aliphatic carbocycles. The second-order valence-electron chi connectivity index (χ2n) is 7.40. The Labute approximate surface area is 181 Å². The van der Waals surface area contributed by atoms with Gasteiger partial charge in [-0.2, -0.15) is 0 Å². The van der Waals surface area contributed by atoms with Crippen molar-refractivity contribution in [1.29, 1.82) is 0 Å². The summed E-state index contributed by atoms with van der Waals surface area (Å²) < 4.78 is 28.6. The van der Waals surface area contributed by atoms with E-state index in [0.717, 1.165) is 23.9 Å². The molecule has 0 unspecified atom stereocenters. The van der Waals surface area contributed by atoms with Crippen LogP contribution >= 0.6 is 11.8 Å². The van der Waals surface area contributed by atoms with E-state index >= 15 is 0 Å². The highest BCUT2D eigenvalue weighted by Gasteiger charge is 2.20. The van der Waals surface area contributed by atoms with E-state index in [1.807, 2.05) is 28.7 Å². The molecule has 2 aromatic carbocycles. The minimum absolute atomic E-state index is 0.0619. The van der Waals surface area contributed by atoms with Gasteiger partial charge in [0.15, 0.2) is 11.9 Å². The Kier molecular flexibility index (Phi) is 5.37. The maximum absolute atomic E-state index is 14.1. The number of ether oxygens (including phenoxy) is 2. The third kappa shape index (κ3) is 3.57. The number of para-hydroxylation sites is 1. The molecule has 4 aromatic rings. The number of aromatic nitrogens is 4. The molecule has 0 fully saturated rings. The van der Waals surface area contributed by atoms with Crippen LogP contribution in [-0.4, -0.2) is 26.0 Å². The van der Waals surface area contributed by atoms with E-state index in [2.05, 4.69) is 17.1 Å². The van der Waals surface area contributed by atoms with E-state index in [1.165, 1.54) is 23.9 Å². The molecule has 0 N–H and O–H groups in total. The maximum Gasteiger partial charge on any atom is 0.262 e. The predicted molar refractivity (Wildman–Crippen MR) is 116 cm³/mol. The minimum atomic E-state index is -0.326. The molecule has 9 heteroatoms. The molecule has 2 aromatic heterocycles. The van der Waals surface area contributed by atoms with Crippen LogP contribution in [0, 0.1) is 5.82 Å². The first-order valence-corrected chi connectivity index (χ1v) is 11.2. The number of hydrogen-bond donors (Lipinski definition) is 0. The topological polar surface area (TPSA) is 70.7 Å². The molecule has 0 spiro atoms. The van der Waals surface area contributed by atoms with Gasteiger partial charge >= 0.3 is 0 Å². The Bertz CT molecular complexity index is 1330. The van der Waals surface area contributed by atoms with Crippen LogP contribution in [0.15, 0.2) is 46.3 Å². The molecule has 0 radical (unpaired) electrons. The summed E-state index contributed by atoms with van der Waals surface area (Å²) in [6.45, 7) is 3.14. The summed E-state index contributed by atoms with van der Waals surface area (Å²) in [5, 5.41) is 9.95. The van der Waals surface area contributed by atoms with Gasteiger partial charge in [-0.05, 0) is 30.7 Å². The van der Waals surface area contributed by atoms with Gasteiger partial charge in [-0.3, -0.25) is 13.8 Å². The lowest BCUT2D eigenvalue weighted by Gasteiger charge is -2.20. The Morgan fingerprint density at radius 3 is 2.97 bits per heavy atom. The first-order chi connectivity index (χ1) is 15.2. The Morgan fingerprint density at radius 2 is 2.10 bits per heavy atom. The van der Waals surface area contributed by atoms with Gasteiger partial charge in [0, 0.05) is 23.4 Å². The van der Waals surface area contributed by atoms with Gasteiger partial charge in [-0.15, -0.1) is 10.2 Å². The van der Waals surface area contributed by atoms with Gasteiger partial charge in [-0.25, -0.2) is 4.39 Å². The Hall–Kier alpha value is -2.91. The largest absolute Gasteiger partial charge is 0.467 e. The lowest BCUT2D eigenvalue weighted by atomic mass is 10.1. The minimum Gasteiger partial charge on any atom is -0.467 e. The third-order valence-electron chi connectivity index (χ3n) is 5.32. The van der Waals surface area contributed by atoms with Crippen molar-refractivity contribution in [3.63, 3.8) is 0 Å². The molecule has 0 bridgehead atoms. The zero-order chi connectivity index (χ0) is 21.4. The number of nitrogens with zero attached hydrogens (tertiary/aromatic N) is 4. The van der Waals surface area contributed by atoms with Gasteiger partial charge in [-0.1, -0.05) is 37.2 Å². The highest BCUT2D eigenvalue weighted by molar-refractivity contribution is 7.98. The smallest absolute Gasteiger partial charge is 0.262 e. The first kappa shape index (κ1) is 20.0. The van der Waals surface area contributed by atoms with Crippen molar-refractivity contribution in [3.05, 3.63) is 63.7 Å². The van der Waals surface area contributed by atoms with Crippen molar-refractivity contribution in [2.45, 2.75) is 43.8 Å². The monoisotopic (exact) mass is 440 g/mol. The number of thioether (sulfide) groups is 1. The number of hydrogen-bond acceptors (Lipinski definition) is 6. The molecule has 31 heavy (non-hydrogen) atoms. The summed E-state index contributed by atoms with van der Waals surface area (Å²) in [5.74, 6) is 1.31. The molecular weight excluding hydrogens is 419 g/mol. The highest BCUT2D eigenvalue weighted by atomic mass is 32.2. The van der Waals surface area contributed by atoms with Crippen molar-refractivity contribution in [2.24, 2.45) is 0 Å². The van der Waals surface area contributed by atoms with Gasteiger partial charge in [0.25, 0.3) is 5.56 Å². The van der Waals surface area contributed by atoms with Crippen LogP contribution in [0.3, 0.4) is 0 Å². The van der Waals surface area contributed by atoms with Crippen molar-refractivity contribution in [1.82, 2.24) is 19.2 Å². The van der Waals surface area contributed by atoms with E-state index in [-0.39, 0.29) is 18.2 Å². The summed E-state index contributed by atoms with van der Waals surface area (Å²) in [4.78, 5) is 13.0. The van der Waals surface area contributed by atoms with E-state index in [9.17, 15) is 9.18 Å². The van der Waals surface area contributed by atoms with Crippen LogP contribution in [0.2, 0.25) is 0 Å². The van der Waals surface area contributed by atoms with Crippen molar-refractivity contribution in [3.8, 4) is 5.75 Å². The summed E-state index contributed by atoms with van der Waals surface area (Å²) in [6, 6.07) is 10.4. The molecule has 0 atom stereocenters.